The molecule has 3 rings (SSSR count). The van der Waals surface area contributed by atoms with Crippen molar-refractivity contribution in [3.05, 3.63) is 53.6 Å². The summed E-state index contributed by atoms with van der Waals surface area (Å²) in [7, 11) is 0. The molecule has 0 bridgehead atoms. The molecule has 0 spiro atoms. The van der Waals surface area contributed by atoms with Crippen molar-refractivity contribution in [2.75, 3.05) is 26.4 Å². The fourth-order valence-electron chi connectivity index (χ4n) is 2.99. The number of aryl methyl sites for hydroxylation is 2. The first-order chi connectivity index (χ1) is 13.2. The lowest BCUT2D eigenvalue weighted by Gasteiger charge is -2.18. The number of benzene rings is 2. The number of amides is 1. The fourth-order valence-corrected chi connectivity index (χ4v) is 2.99. The zero-order chi connectivity index (χ0) is 18.9. The summed E-state index contributed by atoms with van der Waals surface area (Å²) in [6.07, 6.45) is 3.33. The Balaban J connectivity index is 1.34. The quantitative estimate of drug-likeness (QED) is 0.687. The Morgan fingerprint density at radius 2 is 1.74 bits per heavy atom. The number of ether oxygens (including phenoxy) is 3. The first kappa shape index (κ1) is 19.1. The molecule has 2 aromatic rings. The number of rotatable bonds is 9. The van der Waals surface area contributed by atoms with Crippen molar-refractivity contribution in [3.8, 4) is 17.2 Å². The molecular formula is C22H27NO4. The highest BCUT2D eigenvalue weighted by molar-refractivity contribution is 5.76. The van der Waals surface area contributed by atoms with E-state index in [0.29, 0.717) is 39.2 Å². The highest BCUT2D eigenvalue weighted by Gasteiger charge is 2.12. The molecule has 1 heterocycles. The van der Waals surface area contributed by atoms with Gasteiger partial charge in [-0.2, -0.15) is 0 Å². The number of fused-ring (bicyclic) bond motifs is 1. The van der Waals surface area contributed by atoms with Crippen molar-refractivity contribution in [3.63, 3.8) is 0 Å². The number of carbonyl (C=O) groups is 1. The monoisotopic (exact) mass is 369 g/mol. The van der Waals surface area contributed by atoms with Gasteiger partial charge in [0.2, 0.25) is 5.91 Å². The van der Waals surface area contributed by atoms with E-state index in [2.05, 4.69) is 24.4 Å². The SMILES string of the molecule is CCCc1ccc(OCCNC(=O)CCc2ccc3c(c2)OCCO3)cc1. The third-order valence-corrected chi connectivity index (χ3v) is 4.40. The molecule has 5 heteroatoms. The van der Waals surface area contributed by atoms with E-state index in [9.17, 15) is 4.79 Å². The van der Waals surface area contributed by atoms with Crippen LogP contribution in [0.1, 0.15) is 30.9 Å². The largest absolute Gasteiger partial charge is 0.492 e. The maximum atomic E-state index is 12.0. The normalized spacial score (nSPS) is 12.5. The average Bonchev–Trinajstić information content (AvgIpc) is 2.71. The van der Waals surface area contributed by atoms with Crippen LogP contribution >= 0.6 is 0 Å². The molecular weight excluding hydrogens is 342 g/mol. The van der Waals surface area contributed by atoms with Crippen LogP contribution in [-0.4, -0.2) is 32.3 Å². The molecule has 0 unspecified atom stereocenters. The molecule has 1 aliphatic heterocycles. The van der Waals surface area contributed by atoms with E-state index in [0.717, 1.165) is 35.7 Å². The molecule has 0 atom stereocenters. The standard InChI is InChI=1S/C22H27NO4/c1-2-3-17-4-8-19(9-5-17)25-13-12-23-22(24)11-7-18-6-10-20-21(16-18)27-15-14-26-20/h4-6,8-10,16H,2-3,7,11-15H2,1H3,(H,23,24). The molecule has 0 aromatic heterocycles. The van der Waals surface area contributed by atoms with Gasteiger partial charge in [0.15, 0.2) is 11.5 Å². The molecule has 5 nitrogen and oxygen atoms in total. The molecule has 0 radical (unpaired) electrons. The second-order valence-electron chi connectivity index (χ2n) is 6.57. The van der Waals surface area contributed by atoms with E-state index in [1.54, 1.807) is 0 Å². The molecule has 1 amide bonds. The van der Waals surface area contributed by atoms with Crippen LogP contribution in [0.2, 0.25) is 0 Å². The van der Waals surface area contributed by atoms with Crippen LogP contribution in [0, 0.1) is 0 Å². The summed E-state index contributed by atoms with van der Waals surface area (Å²) in [5.41, 5.74) is 2.38. The van der Waals surface area contributed by atoms with Gasteiger partial charge in [-0.25, -0.2) is 0 Å². The van der Waals surface area contributed by atoms with Gasteiger partial charge in [0.25, 0.3) is 0 Å². The Morgan fingerprint density at radius 1 is 1.00 bits per heavy atom. The third-order valence-electron chi connectivity index (χ3n) is 4.40. The summed E-state index contributed by atoms with van der Waals surface area (Å²) < 4.78 is 16.7. The van der Waals surface area contributed by atoms with Gasteiger partial charge in [0.05, 0.1) is 6.54 Å². The second kappa shape index (κ2) is 9.86. The van der Waals surface area contributed by atoms with Crippen LogP contribution in [0.5, 0.6) is 17.2 Å². The minimum atomic E-state index is 0.0202. The minimum Gasteiger partial charge on any atom is -0.492 e. The lowest BCUT2D eigenvalue weighted by molar-refractivity contribution is -0.121. The van der Waals surface area contributed by atoms with E-state index in [1.807, 2.05) is 30.3 Å². The van der Waals surface area contributed by atoms with Crippen molar-refractivity contribution < 1.29 is 19.0 Å². The molecule has 0 saturated heterocycles. The van der Waals surface area contributed by atoms with Gasteiger partial charge in [-0.3, -0.25) is 4.79 Å². The maximum Gasteiger partial charge on any atom is 0.220 e. The Kier molecular flexibility index (Phi) is 6.97. The molecule has 27 heavy (non-hydrogen) atoms. The number of hydrogen-bond donors (Lipinski definition) is 1. The number of nitrogens with one attached hydrogen (secondary N) is 1. The molecule has 0 saturated carbocycles. The van der Waals surface area contributed by atoms with Crippen LogP contribution in [0.25, 0.3) is 0 Å². The summed E-state index contributed by atoms with van der Waals surface area (Å²) >= 11 is 0. The Hall–Kier alpha value is -2.69. The summed E-state index contributed by atoms with van der Waals surface area (Å²) in [6, 6.07) is 14.0. The van der Waals surface area contributed by atoms with E-state index in [1.165, 1.54) is 5.56 Å². The minimum absolute atomic E-state index is 0.0202. The zero-order valence-corrected chi connectivity index (χ0v) is 15.8. The average molecular weight is 369 g/mol. The second-order valence-corrected chi connectivity index (χ2v) is 6.57. The van der Waals surface area contributed by atoms with Crippen molar-refractivity contribution in [1.82, 2.24) is 5.32 Å². The zero-order valence-electron chi connectivity index (χ0n) is 15.8. The van der Waals surface area contributed by atoms with Crippen molar-refractivity contribution in [1.29, 1.82) is 0 Å². The number of carbonyl (C=O) groups excluding carboxylic acids is 1. The highest BCUT2D eigenvalue weighted by Crippen LogP contribution is 2.31. The Bertz CT molecular complexity index is 742. The van der Waals surface area contributed by atoms with Crippen molar-refractivity contribution in [2.45, 2.75) is 32.6 Å². The van der Waals surface area contributed by atoms with Crippen LogP contribution in [0.4, 0.5) is 0 Å². The van der Waals surface area contributed by atoms with Crippen LogP contribution in [0.3, 0.4) is 0 Å². The van der Waals surface area contributed by atoms with Gasteiger partial charge in [0.1, 0.15) is 25.6 Å². The molecule has 1 aliphatic rings. The molecule has 2 aromatic carbocycles. The maximum absolute atomic E-state index is 12.0. The topological polar surface area (TPSA) is 56.8 Å². The van der Waals surface area contributed by atoms with Gasteiger partial charge in [-0.15, -0.1) is 0 Å². The van der Waals surface area contributed by atoms with E-state index >= 15 is 0 Å². The van der Waals surface area contributed by atoms with Gasteiger partial charge in [0, 0.05) is 6.42 Å². The van der Waals surface area contributed by atoms with E-state index in [-0.39, 0.29) is 5.91 Å². The molecule has 0 aliphatic carbocycles. The van der Waals surface area contributed by atoms with Crippen molar-refractivity contribution >= 4 is 5.91 Å². The molecule has 144 valence electrons. The van der Waals surface area contributed by atoms with E-state index in [4.69, 9.17) is 14.2 Å². The molecule has 0 fully saturated rings. The first-order valence-electron chi connectivity index (χ1n) is 9.61. The lowest BCUT2D eigenvalue weighted by Crippen LogP contribution is -2.28. The van der Waals surface area contributed by atoms with Crippen LogP contribution in [-0.2, 0) is 17.6 Å². The Labute approximate surface area is 160 Å². The summed E-state index contributed by atoms with van der Waals surface area (Å²) in [5.74, 6) is 2.39. The van der Waals surface area contributed by atoms with Crippen LogP contribution in [0.15, 0.2) is 42.5 Å². The lowest BCUT2D eigenvalue weighted by atomic mass is 10.1. The fraction of sp³-hybridized carbons (Fsp3) is 0.409. The smallest absolute Gasteiger partial charge is 0.220 e. The number of hydrogen-bond acceptors (Lipinski definition) is 4. The van der Waals surface area contributed by atoms with Gasteiger partial charge >= 0.3 is 0 Å². The predicted octanol–water partition coefficient (Wildman–Crippen LogP) is 3.54. The molecule has 1 N–H and O–H groups in total. The predicted molar refractivity (Wildman–Crippen MR) is 105 cm³/mol. The van der Waals surface area contributed by atoms with Gasteiger partial charge in [-0.1, -0.05) is 31.5 Å². The van der Waals surface area contributed by atoms with Crippen LogP contribution < -0.4 is 19.5 Å². The summed E-state index contributed by atoms with van der Waals surface area (Å²) in [5, 5.41) is 2.90. The van der Waals surface area contributed by atoms with Gasteiger partial charge in [-0.05, 0) is 48.2 Å². The Morgan fingerprint density at radius 3 is 2.52 bits per heavy atom. The summed E-state index contributed by atoms with van der Waals surface area (Å²) in [4.78, 5) is 12.0. The third kappa shape index (κ3) is 5.91. The van der Waals surface area contributed by atoms with Gasteiger partial charge < -0.3 is 19.5 Å². The highest BCUT2D eigenvalue weighted by atomic mass is 16.6. The first-order valence-corrected chi connectivity index (χ1v) is 9.61. The van der Waals surface area contributed by atoms with Crippen molar-refractivity contribution in [2.24, 2.45) is 0 Å². The van der Waals surface area contributed by atoms with E-state index < -0.39 is 0 Å². The summed E-state index contributed by atoms with van der Waals surface area (Å²) in [6.45, 7) is 4.28.